The highest BCUT2D eigenvalue weighted by Crippen LogP contribution is 2.29. The normalized spacial score (nSPS) is 10.8. The molecule has 0 fully saturated rings. The highest BCUT2D eigenvalue weighted by molar-refractivity contribution is 7.99. The summed E-state index contributed by atoms with van der Waals surface area (Å²) in [5.74, 6) is 0. The smallest absolute Gasteiger partial charge is 0.0713 e. The maximum atomic E-state index is 4.40. The van der Waals surface area contributed by atoms with E-state index < -0.39 is 0 Å². The number of nitrogens with zero attached hydrogens (tertiary/aromatic N) is 1. The summed E-state index contributed by atoms with van der Waals surface area (Å²) in [7, 11) is 0. The van der Waals surface area contributed by atoms with E-state index in [-0.39, 0.29) is 0 Å². The zero-order chi connectivity index (χ0) is 13.1. The molecule has 0 unspecified atom stereocenters. The van der Waals surface area contributed by atoms with Crippen LogP contribution in [-0.4, -0.2) is 4.98 Å². The molecule has 0 aliphatic rings. The third-order valence-corrected chi connectivity index (χ3v) is 4.14. The van der Waals surface area contributed by atoms with Gasteiger partial charge in [0, 0.05) is 21.4 Å². The van der Waals surface area contributed by atoms with E-state index in [1.165, 1.54) is 20.7 Å². The minimum absolute atomic E-state index is 1.05. The van der Waals surface area contributed by atoms with E-state index in [2.05, 4.69) is 60.4 Å². The summed E-state index contributed by atoms with van der Waals surface area (Å²) in [6.07, 6.45) is 2.93. The van der Waals surface area contributed by atoms with Crippen LogP contribution < -0.4 is 0 Å². The summed E-state index contributed by atoms with van der Waals surface area (Å²) in [5, 5.41) is 1.19. The molecule has 1 nitrogen and oxygen atoms in total. The lowest BCUT2D eigenvalue weighted by molar-refractivity contribution is 1.13. The highest BCUT2D eigenvalue weighted by atomic mass is 32.2. The Labute approximate surface area is 117 Å². The molecule has 2 aromatic carbocycles. The Morgan fingerprint density at radius 2 is 1.74 bits per heavy atom. The van der Waals surface area contributed by atoms with Crippen LogP contribution in [0.5, 0.6) is 0 Å². The van der Waals surface area contributed by atoms with Crippen LogP contribution in [0.3, 0.4) is 0 Å². The van der Waals surface area contributed by atoms with Crippen molar-refractivity contribution in [3.8, 4) is 0 Å². The van der Waals surface area contributed by atoms with Crippen LogP contribution in [0.15, 0.2) is 70.6 Å². The topological polar surface area (TPSA) is 12.9 Å². The average Bonchev–Trinajstić information content (AvgIpc) is 2.48. The molecule has 3 rings (SSSR count). The number of hydrogen-bond acceptors (Lipinski definition) is 2. The Bertz CT molecular complexity index is 689. The molecule has 0 N–H and O–H groups in total. The van der Waals surface area contributed by atoms with E-state index in [0.29, 0.717) is 0 Å². The van der Waals surface area contributed by atoms with Crippen LogP contribution in [0.4, 0.5) is 0 Å². The molecule has 1 aromatic heterocycles. The molecule has 0 saturated carbocycles. The predicted molar refractivity (Wildman–Crippen MR) is 81.7 cm³/mol. The predicted octanol–water partition coefficient (Wildman–Crippen LogP) is 4.95. The number of aromatic nitrogens is 1. The Kier molecular flexibility index (Phi) is 3.51. The van der Waals surface area contributed by atoms with Gasteiger partial charge in [0.1, 0.15) is 0 Å². The first-order valence-electron chi connectivity index (χ1n) is 6.47. The van der Waals surface area contributed by atoms with E-state index in [1.54, 1.807) is 11.8 Å². The summed E-state index contributed by atoms with van der Waals surface area (Å²) in [6, 6.07) is 19.3. The molecular weight excluding hydrogens is 250 g/mol. The lowest BCUT2D eigenvalue weighted by atomic mass is 10.2. The molecule has 94 valence electrons. The minimum Gasteiger partial charge on any atom is -0.256 e. The summed E-state index contributed by atoms with van der Waals surface area (Å²) >= 11 is 1.78. The molecule has 19 heavy (non-hydrogen) atoms. The van der Waals surface area contributed by atoms with Crippen molar-refractivity contribution in [1.82, 2.24) is 4.98 Å². The van der Waals surface area contributed by atoms with Crippen LogP contribution in [-0.2, 0) is 6.42 Å². The zero-order valence-corrected chi connectivity index (χ0v) is 11.7. The number of aryl methyl sites for hydroxylation is 1. The molecule has 1 heterocycles. The van der Waals surface area contributed by atoms with Gasteiger partial charge in [-0.2, -0.15) is 0 Å². The van der Waals surface area contributed by atoms with Crippen molar-refractivity contribution in [1.29, 1.82) is 0 Å². The van der Waals surface area contributed by atoms with Crippen molar-refractivity contribution in [2.75, 3.05) is 0 Å². The minimum atomic E-state index is 1.05. The van der Waals surface area contributed by atoms with Gasteiger partial charge in [0.15, 0.2) is 0 Å². The van der Waals surface area contributed by atoms with Crippen molar-refractivity contribution in [3.63, 3.8) is 0 Å². The van der Waals surface area contributed by atoms with Gasteiger partial charge in [-0.05, 0) is 42.3 Å². The fraction of sp³-hybridized carbons (Fsp3) is 0.118. The number of benzene rings is 2. The lowest BCUT2D eigenvalue weighted by Crippen LogP contribution is -1.81. The number of fused-ring (bicyclic) bond motifs is 1. The van der Waals surface area contributed by atoms with Crippen LogP contribution >= 0.6 is 11.8 Å². The van der Waals surface area contributed by atoms with Gasteiger partial charge in [0.2, 0.25) is 0 Å². The first kappa shape index (κ1) is 12.2. The van der Waals surface area contributed by atoms with Crippen LogP contribution in [0.25, 0.3) is 10.9 Å². The van der Waals surface area contributed by atoms with Gasteiger partial charge in [-0.1, -0.05) is 43.0 Å². The second-order valence-corrected chi connectivity index (χ2v) is 5.60. The molecule has 0 saturated heterocycles. The van der Waals surface area contributed by atoms with Gasteiger partial charge in [0.25, 0.3) is 0 Å². The van der Waals surface area contributed by atoms with Crippen molar-refractivity contribution in [3.05, 3.63) is 66.4 Å². The van der Waals surface area contributed by atoms with Crippen LogP contribution in [0.2, 0.25) is 0 Å². The van der Waals surface area contributed by atoms with Gasteiger partial charge in [-0.3, -0.25) is 4.98 Å². The molecule has 0 aliphatic carbocycles. The molecule has 0 aliphatic heterocycles. The maximum absolute atomic E-state index is 4.40. The Morgan fingerprint density at radius 1 is 0.947 bits per heavy atom. The van der Waals surface area contributed by atoms with E-state index >= 15 is 0 Å². The van der Waals surface area contributed by atoms with Gasteiger partial charge < -0.3 is 0 Å². The zero-order valence-electron chi connectivity index (χ0n) is 10.8. The van der Waals surface area contributed by atoms with Gasteiger partial charge in [0.05, 0.1) is 5.52 Å². The van der Waals surface area contributed by atoms with Crippen LogP contribution in [0, 0.1) is 0 Å². The van der Waals surface area contributed by atoms with Crippen LogP contribution in [0.1, 0.15) is 12.5 Å². The molecule has 0 radical (unpaired) electrons. The first-order valence-corrected chi connectivity index (χ1v) is 7.28. The maximum Gasteiger partial charge on any atom is 0.0713 e. The number of rotatable bonds is 3. The van der Waals surface area contributed by atoms with Crippen molar-refractivity contribution in [2.45, 2.75) is 23.1 Å². The quantitative estimate of drug-likeness (QED) is 0.664. The van der Waals surface area contributed by atoms with E-state index in [1.807, 2.05) is 12.3 Å². The summed E-state index contributed by atoms with van der Waals surface area (Å²) in [6.45, 7) is 2.18. The second-order valence-electron chi connectivity index (χ2n) is 4.46. The molecule has 0 bridgehead atoms. The third kappa shape index (κ3) is 2.79. The van der Waals surface area contributed by atoms with Gasteiger partial charge in [-0.15, -0.1) is 0 Å². The largest absolute Gasteiger partial charge is 0.256 e. The summed E-state index contributed by atoms with van der Waals surface area (Å²) < 4.78 is 0. The standard InChI is InChI=1S/C17H15NS/c1-2-13-5-8-15(9-6-13)19-16-10-7-14-4-3-11-18-17(14)12-16/h3-12H,2H2,1H3. The fourth-order valence-electron chi connectivity index (χ4n) is 2.04. The molecule has 0 spiro atoms. The van der Waals surface area contributed by atoms with Gasteiger partial charge in [-0.25, -0.2) is 0 Å². The fourth-order valence-corrected chi connectivity index (χ4v) is 2.89. The first-order chi connectivity index (χ1) is 9.35. The van der Waals surface area contributed by atoms with Crippen molar-refractivity contribution >= 4 is 22.7 Å². The monoisotopic (exact) mass is 265 g/mol. The molecule has 0 atom stereocenters. The third-order valence-electron chi connectivity index (χ3n) is 3.14. The van der Waals surface area contributed by atoms with Crippen molar-refractivity contribution in [2.24, 2.45) is 0 Å². The lowest BCUT2D eigenvalue weighted by Gasteiger charge is -2.04. The number of hydrogen-bond donors (Lipinski definition) is 0. The molecular formula is C17H15NS. The van der Waals surface area contributed by atoms with E-state index in [9.17, 15) is 0 Å². The summed E-state index contributed by atoms with van der Waals surface area (Å²) in [5.41, 5.74) is 2.43. The molecule has 2 heteroatoms. The number of pyridine rings is 1. The Morgan fingerprint density at radius 3 is 2.53 bits per heavy atom. The Hall–Kier alpha value is -1.80. The van der Waals surface area contributed by atoms with E-state index in [0.717, 1.165) is 11.9 Å². The van der Waals surface area contributed by atoms with E-state index in [4.69, 9.17) is 0 Å². The second kappa shape index (κ2) is 5.45. The van der Waals surface area contributed by atoms with Crippen molar-refractivity contribution < 1.29 is 0 Å². The average molecular weight is 265 g/mol. The van der Waals surface area contributed by atoms with Gasteiger partial charge >= 0.3 is 0 Å². The SMILES string of the molecule is CCc1ccc(Sc2ccc3cccnc3c2)cc1. The summed E-state index contributed by atoms with van der Waals surface area (Å²) in [4.78, 5) is 6.90. The Balaban J connectivity index is 1.87. The molecule has 3 aromatic rings. The highest BCUT2D eigenvalue weighted by Gasteiger charge is 2.00. The molecule has 0 amide bonds.